The zero-order chi connectivity index (χ0) is 38.0. The molecule has 6 heteroatoms. The smallest absolute Gasteiger partial charge is 0.510 e. The van der Waals surface area contributed by atoms with Gasteiger partial charge in [0.1, 0.15) is 17.6 Å². The van der Waals surface area contributed by atoms with Crippen molar-refractivity contribution in [2.75, 3.05) is 0 Å². The van der Waals surface area contributed by atoms with Crippen molar-refractivity contribution in [3.63, 3.8) is 0 Å². The molecule has 0 spiro atoms. The molecule has 6 aromatic carbocycles. The summed E-state index contributed by atoms with van der Waals surface area (Å²) in [7, 11) is 0. The van der Waals surface area contributed by atoms with E-state index in [1.807, 2.05) is 12.3 Å². The summed E-state index contributed by atoms with van der Waals surface area (Å²) in [4.78, 5) is 10.4. The van der Waals surface area contributed by atoms with Crippen LogP contribution in [-0.4, -0.2) is 26.1 Å². The van der Waals surface area contributed by atoms with Gasteiger partial charge in [-0.15, -0.1) is 35.7 Å². The molecule has 1 aliphatic carbocycles. The van der Waals surface area contributed by atoms with Gasteiger partial charge in [-0.25, -0.2) is 4.98 Å². The fourth-order valence-electron chi connectivity index (χ4n) is 9.51. The second kappa shape index (κ2) is 14.9. The van der Waals surface area contributed by atoms with Gasteiger partial charge in [0.05, 0.1) is 11.6 Å². The van der Waals surface area contributed by atoms with Crippen LogP contribution >= 0.6 is 0 Å². The Labute approximate surface area is 353 Å². The Balaban J connectivity index is 0.00000408. The number of aryl methyl sites for hydroxylation is 2. The number of ether oxygens (including phenoxy) is 1. The van der Waals surface area contributed by atoms with Crippen LogP contribution in [0.3, 0.4) is 0 Å². The first-order valence-electron chi connectivity index (χ1n) is 20.3. The van der Waals surface area contributed by atoms with E-state index in [0.29, 0.717) is 11.8 Å². The number of fused-ring (bicyclic) bond motifs is 6. The SMILES string of the molecule is Cc1ccc2c(c1)c1ccc(-n3c4ccc(C)cc4c4cccnc43)[c-]c1n2-c1[c-]c(C2=N[C@H](C3CCCCC3)[C@@H](c3ccccc3)O2)cc(-c2ccccc2)c1.[Pt+2]. The van der Waals surface area contributed by atoms with Gasteiger partial charge in [-0.1, -0.05) is 132 Å². The topological polar surface area (TPSA) is 44.3 Å². The van der Waals surface area contributed by atoms with Crippen molar-refractivity contribution in [1.29, 1.82) is 0 Å². The van der Waals surface area contributed by atoms with Crippen molar-refractivity contribution < 1.29 is 25.8 Å². The minimum Gasteiger partial charge on any atom is -0.510 e. The van der Waals surface area contributed by atoms with E-state index in [-0.39, 0.29) is 33.2 Å². The molecule has 0 saturated heterocycles. The predicted octanol–water partition coefficient (Wildman–Crippen LogP) is 12.6. The number of hydrogen-bond donors (Lipinski definition) is 0. The number of pyridine rings is 1. The van der Waals surface area contributed by atoms with E-state index in [1.165, 1.54) is 59.6 Å². The molecule has 0 bridgehead atoms. The van der Waals surface area contributed by atoms with Crippen LogP contribution in [0.2, 0.25) is 0 Å². The minimum atomic E-state index is -0.128. The van der Waals surface area contributed by atoms with E-state index in [9.17, 15) is 0 Å². The number of aromatic nitrogens is 3. The molecule has 11 rings (SSSR count). The third kappa shape index (κ3) is 6.19. The quantitative estimate of drug-likeness (QED) is 0.156. The van der Waals surface area contributed by atoms with Gasteiger partial charge in [-0.05, 0) is 85.1 Å². The Morgan fingerprint density at radius 1 is 0.603 bits per heavy atom. The first kappa shape index (κ1) is 36.6. The summed E-state index contributed by atoms with van der Waals surface area (Å²) >= 11 is 0. The van der Waals surface area contributed by atoms with Crippen LogP contribution in [0, 0.1) is 31.9 Å². The molecule has 286 valence electrons. The Morgan fingerprint density at radius 3 is 2.07 bits per heavy atom. The first-order valence-corrected chi connectivity index (χ1v) is 20.3. The standard InChI is InChI=1S/C52H42N4O.Pt/c1-33-20-24-46-44(27-33)42-23-22-40(56-47-25-21-34(2)28-45(47)43-19-12-26-53-51(43)56)32-48(42)55(46)41-30-38(35-13-6-3-7-14-35)29-39(31-41)52-54-49(36-15-8-4-9-16-36)50(57-52)37-17-10-5-11-18-37;/h3,5-7,10-14,17-30,36,49-50H,4,8-9,15-16H2,1-2H3;/q-2;+2/t49-,50-;/m1./s1. The Kier molecular flexibility index (Phi) is 9.37. The van der Waals surface area contributed by atoms with Gasteiger partial charge in [0.15, 0.2) is 0 Å². The van der Waals surface area contributed by atoms with Crippen LogP contribution in [0.25, 0.3) is 66.2 Å². The average Bonchev–Trinajstić information content (AvgIpc) is 3.95. The van der Waals surface area contributed by atoms with E-state index < -0.39 is 0 Å². The van der Waals surface area contributed by atoms with Crippen molar-refractivity contribution in [3.8, 4) is 22.5 Å². The van der Waals surface area contributed by atoms with E-state index in [0.717, 1.165) is 61.0 Å². The maximum absolute atomic E-state index is 7.00. The van der Waals surface area contributed by atoms with E-state index >= 15 is 0 Å². The number of aliphatic imine (C=N–C) groups is 1. The van der Waals surface area contributed by atoms with Crippen molar-refractivity contribution in [2.45, 2.75) is 58.1 Å². The number of hydrogen-bond acceptors (Lipinski definition) is 3. The molecule has 0 radical (unpaired) electrons. The van der Waals surface area contributed by atoms with Crippen LogP contribution < -0.4 is 0 Å². The largest absolute Gasteiger partial charge is 2.00 e. The first-order chi connectivity index (χ1) is 28.1. The fraction of sp³-hybridized carbons (Fsp3) is 0.192. The second-order valence-electron chi connectivity index (χ2n) is 16.0. The van der Waals surface area contributed by atoms with Crippen LogP contribution in [0.1, 0.15) is 60.5 Å². The monoisotopic (exact) mass is 933 g/mol. The van der Waals surface area contributed by atoms with Crippen molar-refractivity contribution in [3.05, 3.63) is 174 Å². The minimum absolute atomic E-state index is 0. The molecule has 2 atom stereocenters. The third-order valence-corrected chi connectivity index (χ3v) is 12.2. The summed E-state index contributed by atoms with van der Waals surface area (Å²) in [5.41, 5.74) is 12.7. The van der Waals surface area contributed by atoms with E-state index in [2.05, 4.69) is 163 Å². The van der Waals surface area contributed by atoms with Crippen LogP contribution in [-0.2, 0) is 25.8 Å². The van der Waals surface area contributed by atoms with Gasteiger partial charge in [-0.3, -0.25) is 4.99 Å². The van der Waals surface area contributed by atoms with Gasteiger partial charge in [-0.2, -0.15) is 6.07 Å². The molecular weight excluding hydrogens is 892 g/mol. The molecule has 0 amide bonds. The zero-order valence-corrected chi connectivity index (χ0v) is 34.8. The van der Waals surface area contributed by atoms with Gasteiger partial charge < -0.3 is 13.9 Å². The third-order valence-electron chi connectivity index (χ3n) is 12.2. The molecular formula is C52H42N4OPt. The summed E-state index contributed by atoms with van der Waals surface area (Å²) in [6, 6.07) is 55.6. The van der Waals surface area contributed by atoms with Gasteiger partial charge >= 0.3 is 21.1 Å². The van der Waals surface area contributed by atoms with Gasteiger partial charge in [0.2, 0.25) is 0 Å². The van der Waals surface area contributed by atoms with Crippen molar-refractivity contribution >= 4 is 49.6 Å². The molecule has 1 saturated carbocycles. The summed E-state index contributed by atoms with van der Waals surface area (Å²) in [6.45, 7) is 4.31. The molecule has 5 nitrogen and oxygen atoms in total. The van der Waals surface area contributed by atoms with Crippen LogP contribution in [0.5, 0.6) is 0 Å². The summed E-state index contributed by atoms with van der Waals surface area (Å²) in [6.07, 6.45) is 7.94. The fourth-order valence-corrected chi connectivity index (χ4v) is 9.51. The van der Waals surface area contributed by atoms with E-state index in [4.69, 9.17) is 14.7 Å². The number of benzene rings is 6. The molecule has 58 heavy (non-hydrogen) atoms. The van der Waals surface area contributed by atoms with Gasteiger partial charge in [0.25, 0.3) is 0 Å². The van der Waals surface area contributed by atoms with E-state index in [1.54, 1.807) is 0 Å². The van der Waals surface area contributed by atoms with Crippen LogP contribution in [0.15, 0.2) is 145 Å². The molecule has 1 aliphatic heterocycles. The summed E-state index contributed by atoms with van der Waals surface area (Å²) in [5, 5.41) is 4.64. The number of rotatable bonds is 6. The molecule has 2 aliphatic rings. The zero-order valence-electron chi connectivity index (χ0n) is 32.6. The van der Waals surface area contributed by atoms with Gasteiger partial charge in [0, 0.05) is 22.5 Å². The Hall–Kier alpha value is -5.77. The molecule has 9 aromatic rings. The predicted molar refractivity (Wildman–Crippen MR) is 233 cm³/mol. The normalized spacial score (nSPS) is 17.2. The summed E-state index contributed by atoms with van der Waals surface area (Å²) in [5.74, 6) is 1.16. The maximum atomic E-state index is 7.00. The number of nitrogens with zero attached hydrogens (tertiary/aromatic N) is 4. The molecule has 0 N–H and O–H groups in total. The molecule has 3 aromatic heterocycles. The summed E-state index contributed by atoms with van der Waals surface area (Å²) < 4.78 is 11.6. The average molecular weight is 934 g/mol. The van der Waals surface area contributed by atoms with Crippen molar-refractivity contribution in [2.24, 2.45) is 10.9 Å². The molecule has 0 unspecified atom stereocenters. The van der Waals surface area contributed by atoms with Crippen molar-refractivity contribution in [1.82, 2.24) is 14.1 Å². The molecule has 1 fully saturated rings. The maximum Gasteiger partial charge on any atom is 2.00 e. The molecule has 4 heterocycles. The van der Waals surface area contributed by atoms with Crippen LogP contribution in [0.4, 0.5) is 0 Å². The Bertz CT molecular complexity index is 3010. The Morgan fingerprint density at radius 2 is 1.31 bits per heavy atom. The second-order valence-corrected chi connectivity index (χ2v) is 16.0.